The number of Topliss-reactive ketones (excluding diaryl/α,β-unsaturated/α-hetero) is 1. The molecule has 0 bridgehead atoms. The molecular formula is C15H16N2O2. The summed E-state index contributed by atoms with van der Waals surface area (Å²) in [6.45, 7) is 2.63. The number of ether oxygens (including phenoxy) is 1. The Balaban J connectivity index is 1.83. The van der Waals surface area contributed by atoms with Crippen LogP contribution in [0.15, 0.2) is 42.7 Å². The first kappa shape index (κ1) is 12.1. The van der Waals surface area contributed by atoms with E-state index >= 15 is 0 Å². The molecule has 2 aromatic rings. The lowest BCUT2D eigenvalue weighted by molar-refractivity contribution is 0.0764. The lowest BCUT2D eigenvalue weighted by Gasteiger charge is -2.10. The lowest BCUT2D eigenvalue weighted by atomic mass is 9.94. The van der Waals surface area contributed by atoms with Crippen LogP contribution in [0.2, 0.25) is 0 Å². The summed E-state index contributed by atoms with van der Waals surface area (Å²) in [4.78, 5) is 12.4. The summed E-state index contributed by atoms with van der Waals surface area (Å²) in [5.74, 6) is 0.0978. The van der Waals surface area contributed by atoms with E-state index in [1.54, 1.807) is 17.1 Å². The van der Waals surface area contributed by atoms with Gasteiger partial charge in [0.25, 0.3) is 0 Å². The van der Waals surface area contributed by atoms with Crippen molar-refractivity contribution in [2.45, 2.75) is 19.4 Å². The van der Waals surface area contributed by atoms with Crippen molar-refractivity contribution >= 4 is 5.78 Å². The average molecular weight is 256 g/mol. The third kappa shape index (κ3) is 2.31. The van der Waals surface area contributed by atoms with Crippen LogP contribution in [-0.2, 0) is 4.74 Å². The van der Waals surface area contributed by atoms with Crippen molar-refractivity contribution in [1.82, 2.24) is 9.78 Å². The van der Waals surface area contributed by atoms with Gasteiger partial charge in [0, 0.05) is 12.8 Å². The molecule has 0 radical (unpaired) electrons. The molecule has 2 heterocycles. The molecule has 1 aromatic heterocycles. The van der Waals surface area contributed by atoms with Crippen LogP contribution in [0.4, 0.5) is 0 Å². The normalized spacial score (nSPS) is 22.6. The van der Waals surface area contributed by atoms with Gasteiger partial charge in [-0.15, -0.1) is 0 Å². The first-order valence-electron chi connectivity index (χ1n) is 6.51. The van der Waals surface area contributed by atoms with E-state index in [4.69, 9.17) is 4.74 Å². The van der Waals surface area contributed by atoms with Crippen molar-refractivity contribution in [1.29, 1.82) is 0 Å². The first-order chi connectivity index (χ1) is 9.25. The molecule has 1 saturated heterocycles. The Morgan fingerprint density at radius 2 is 2.16 bits per heavy atom. The fourth-order valence-electron chi connectivity index (χ4n) is 2.46. The first-order valence-corrected chi connectivity index (χ1v) is 6.51. The summed E-state index contributed by atoms with van der Waals surface area (Å²) >= 11 is 0. The predicted molar refractivity (Wildman–Crippen MR) is 71.4 cm³/mol. The molecule has 0 saturated carbocycles. The number of hydrogen-bond donors (Lipinski definition) is 0. The Morgan fingerprint density at radius 1 is 1.37 bits per heavy atom. The Morgan fingerprint density at radius 3 is 2.84 bits per heavy atom. The standard InChI is InChI=1S/C15H16N2O2/c1-11-14(7-8-19-11)15(18)12-9-16-17(10-12)13-5-3-2-4-6-13/h2-6,9-11,14H,7-8H2,1H3. The Hall–Kier alpha value is -1.94. The molecule has 4 nitrogen and oxygen atoms in total. The molecular weight excluding hydrogens is 240 g/mol. The zero-order valence-electron chi connectivity index (χ0n) is 10.8. The third-order valence-corrected chi connectivity index (χ3v) is 3.60. The van der Waals surface area contributed by atoms with Crippen LogP contribution in [0.1, 0.15) is 23.7 Å². The third-order valence-electron chi connectivity index (χ3n) is 3.60. The van der Waals surface area contributed by atoms with Gasteiger partial charge in [0.1, 0.15) is 0 Å². The molecule has 1 fully saturated rings. The Labute approximate surface area is 112 Å². The topological polar surface area (TPSA) is 44.1 Å². The number of hydrogen-bond acceptors (Lipinski definition) is 3. The van der Waals surface area contributed by atoms with Gasteiger partial charge in [0.15, 0.2) is 5.78 Å². The van der Waals surface area contributed by atoms with Crippen molar-refractivity contribution in [2.24, 2.45) is 5.92 Å². The molecule has 98 valence electrons. The van der Waals surface area contributed by atoms with Gasteiger partial charge >= 0.3 is 0 Å². The second kappa shape index (κ2) is 4.97. The van der Waals surface area contributed by atoms with Crippen LogP contribution < -0.4 is 0 Å². The number of nitrogens with zero attached hydrogens (tertiary/aromatic N) is 2. The number of ketones is 1. The van der Waals surface area contributed by atoms with E-state index in [-0.39, 0.29) is 17.8 Å². The summed E-state index contributed by atoms with van der Waals surface area (Å²) in [6.07, 6.45) is 4.24. The molecule has 1 aromatic carbocycles. The number of rotatable bonds is 3. The van der Waals surface area contributed by atoms with Gasteiger partial charge in [-0.25, -0.2) is 4.68 Å². The van der Waals surface area contributed by atoms with E-state index in [0.29, 0.717) is 12.2 Å². The SMILES string of the molecule is CC1OCCC1C(=O)c1cnn(-c2ccccc2)c1. The monoisotopic (exact) mass is 256 g/mol. The van der Waals surface area contributed by atoms with Gasteiger partial charge in [-0.3, -0.25) is 4.79 Å². The summed E-state index contributed by atoms with van der Waals surface area (Å²) in [5.41, 5.74) is 1.61. The van der Waals surface area contributed by atoms with Crippen molar-refractivity contribution in [3.63, 3.8) is 0 Å². The fourth-order valence-corrected chi connectivity index (χ4v) is 2.46. The van der Waals surface area contributed by atoms with Gasteiger partial charge < -0.3 is 4.74 Å². The summed E-state index contributed by atoms with van der Waals surface area (Å²) in [6, 6.07) is 9.78. The molecule has 1 aliphatic heterocycles. The van der Waals surface area contributed by atoms with Crippen LogP contribution in [0, 0.1) is 5.92 Å². The number of carbonyl (C=O) groups is 1. The van der Waals surface area contributed by atoms with Gasteiger partial charge in [-0.1, -0.05) is 18.2 Å². The number of aromatic nitrogens is 2. The maximum atomic E-state index is 12.4. The Kier molecular flexibility index (Phi) is 3.17. The van der Waals surface area contributed by atoms with Crippen LogP contribution in [0.25, 0.3) is 5.69 Å². The highest BCUT2D eigenvalue weighted by molar-refractivity contribution is 5.98. The van der Waals surface area contributed by atoms with Crippen LogP contribution >= 0.6 is 0 Å². The second-order valence-corrected chi connectivity index (χ2v) is 4.84. The maximum Gasteiger partial charge on any atom is 0.171 e. The van der Waals surface area contributed by atoms with E-state index in [0.717, 1.165) is 12.1 Å². The number of para-hydroxylation sites is 1. The molecule has 2 unspecified atom stereocenters. The maximum absolute atomic E-state index is 12.4. The van der Waals surface area contributed by atoms with Gasteiger partial charge in [0.2, 0.25) is 0 Å². The van der Waals surface area contributed by atoms with E-state index in [1.165, 1.54) is 0 Å². The van der Waals surface area contributed by atoms with Crippen LogP contribution in [0.5, 0.6) is 0 Å². The Bertz CT molecular complexity index is 577. The van der Waals surface area contributed by atoms with Crippen molar-refractivity contribution in [2.75, 3.05) is 6.61 Å². The van der Waals surface area contributed by atoms with E-state index < -0.39 is 0 Å². The van der Waals surface area contributed by atoms with E-state index in [9.17, 15) is 4.79 Å². The molecule has 4 heteroatoms. The highest BCUT2D eigenvalue weighted by Crippen LogP contribution is 2.24. The molecule has 0 aliphatic carbocycles. The number of carbonyl (C=O) groups excluding carboxylic acids is 1. The van der Waals surface area contributed by atoms with Crippen LogP contribution in [0.3, 0.4) is 0 Å². The van der Waals surface area contributed by atoms with Crippen molar-refractivity contribution in [3.05, 3.63) is 48.3 Å². The summed E-state index contributed by atoms with van der Waals surface area (Å²) < 4.78 is 7.18. The van der Waals surface area contributed by atoms with Crippen molar-refractivity contribution < 1.29 is 9.53 Å². The minimum Gasteiger partial charge on any atom is -0.378 e. The van der Waals surface area contributed by atoms with Gasteiger partial charge in [0.05, 0.1) is 29.5 Å². The average Bonchev–Trinajstić information content (AvgIpc) is 3.08. The van der Waals surface area contributed by atoms with Gasteiger partial charge in [-0.2, -0.15) is 5.10 Å². The molecule has 3 rings (SSSR count). The summed E-state index contributed by atoms with van der Waals surface area (Å²) in [5, 5.41) is 4.26. The zero-order valence-corrected chi connectivity index (χ0v) is 10.8. The molecule has 19 heavy (non-hydrogen) atoms. The van der Waals surface area contributed by atoms with E-state index in [1.807, 2.05) is 37.3 Å². The minimum atomic E-state index is -0.0339. The summed E-state index contributed by atoms with van der Waals surface area (Å²) in [7, 11) is 0. The fraction of sp³-hybridized carbons (Fsp3) is 0.333. The van der Waals surface area contributed by atoms with Gasteiger partial charge in [-0.05, 0) is 25.5 Å². The lowest BCUT2D eigenvalue weighted by Crippen LogP contribution is -2.21. The smallest absolute Gasteiger partial charge is 0.171 e. The van der Waals surface area contributed by atoms with Crippen molar-refractivity contribution in [3.8, 4) is 5.69 Å². The van der Waals surface area contributed by atoms with Crippen LogP contribution in [-0.4, -0.2) is 28.3 Å². The highest BCUT2D eigenvalue weighted by Gasteiger charge is 2.31. The predicted octanol–water partition coefficient (Wildman–Crippen LogP) is 2.48. The highest BCUT2D eigenvalue weighted by atomic mass is 16.5. The largest absolute Gasteiger partial charge is 0.378 e. The minimum absolute atomic E-state index is 0.00701. The van der Waals surface area contributed by atoms with E-state index in [2.05, 4.69) is 5.10 Å². The molecule has 0 spiro atoms. The molecule has 1 aliphatic rings. The quantitative estimate of drug-likeness (QED) is 0.792. The molecule has 0 amide bonds. The molecule has 2 atom stereocenters. The zero-order chi connectivity index (χ0) is 13.2. The number of benzene rings is 1. The molecule has 0 N–H and O–H groups in total. The second-order valence-electron chi connectivity index (χ2n) is 4.84.